The van der Waals surface area contributed by atoms with E-state index in [4.69, 9.17) is 5.73 Å². The lowest BCUT2D eigenvalue weighted by Crippen LogP contribution is -2.42. The molecule has 0 aromatic heterocycles. The number of carbonyl (C=O) groups is 1. The van der Waals surface area contributed by atoms with E-state index in [0.717, 1.165) is 6.42 Å². The van der Waals surface area contributed by atoms with E-state index in [-0.39, 0.29) is 5.91 Å². The molecule has 0 spiro atoms. The maximum Gasteiger partial charge on any atom is 0.226 e. The number of nitrogens with one attached hydrogen (secondary N) is 1. The molecule has 1 rings (SSSR count). The smallest absolute Gasteiger partial charge is 0.226 e. The molecule has 0 saturated carbocycles. The van der Waals surface area contributed by atoms with Crippen molar-refractivity contribution in [3.8, 4) is 0 Å². The van der Waals surface area contributed by atoms with Gasteiger partial charge in [0.25, 0.3) is 0 Å². The highest BCUT2D eigenvalue weighted by Crippen LogP contribution is 2.15. The largest absolute Gasteiger partial charge is 0.355 e. The van der Waals surface area contributed by atoms with E-state index in [1.165, 1.54) is 10.5 Å². The lowest BCUT2D eigenvalue weighted by Gasteiger charge is -2.21. The summed E-state index contributed by atoms with van der Waals surface area (Å²) < 4.78 is 0. The highest BCUT2D eigenvalue weighted by molar-refractivity contribution is 7.98. The van der Waals surface area contributed by atoms with Crippen LogP contribution in [0.15, 0.2) is 29.2 Å². The van der Waals surface area contributed by atoms with Gasteiger partial charge in [0, 0.05) is 18.0 Å². The number of carbonyl (C=O) groups excluding carboxylic acids is 1. The van der Waals surface area contributed by atoms with Gasteiger partial charge < -0.3 is 11.1 Å². The second kappa shape index (κ2) is 6.81. The fourth-order valence-electron chi connectivity index (χ4n) is 1.44. The van der Waals surface area contributed by atoms with Crippen molar-refractivity contribution in [3.63, 3.8) is 0 Å². The zero-order chi connectivity index (χ0) is 13.6. The third-order valence-electron chi connectivity index (χ3n) is 2.98. The lowest BCUT2D eigenvalue weighted by molar-refractivity contribution is -0.128. The summed E-state index contributed by atoms with van der Waals surface area (Å²) in [6.45, 7) is 4.73. The van der Waals surface area contributed by atoms with Crippen molar-refractivity contribution in [2.24, 2.45) is 11.1 Å². The van der Waals surface area contributed by atoms with Crippen LogP contribution >= 0.6 is 11.8 Å². The Kier molecular flexibility index (Phi) is 5.69. The summed E-state index contributed by atoms with van der Waals surface area (Å²) in [7, 11) is 0. The van der Waals surface area contributed by atoms with Gasteiger partial charge in [0.2, 0.25) is 5.91 Å². The molecule has 100 valence electrons. The molecule has 0 aliphatic heterocycles. The summed E-state index contributed by atoms with van der Waals surface area (Å²) in [5.41, 5.74) is 6.31. The topological polar surface area (TPSA) is 55.1 Å². The Morgan fingerprint density at radius 3 is 2.44 bits per heavy atom. The Hall–Kier alpha value is -1.00. The number of thioether (sulfide) groups is 1. The van der Waals surface area contributed by atoms with Crippen molar-refractivity contribution in [1.29, 1.82) is 0 Å². The minimum absolute atomic E-state index is 0.0192. The van der Waals surface area contributed by atoms with Crippen molar-refractivity contribution in [1.82, 2.24) is 5.32 Å². The second-order valence-corrected chi connectivity index (χ2v) is 5.82. The highest BCUT2D eigenvalue weighted by atomic mass is 32.2. The minimum atomic E-state index is -0.483. The minimum Gasteiger partial charge on any atom is -0.355 e. The zero-order valence-electron chi connectivity index (χ0n) is 11.3. The zero-order valence-corrected chi connectivity index (χ0v) is 12.1. The SMILES string of the molecule is CSc1ccc(CCNC(=O)C(C)(C)CN)cc1. The number of amides is 1. The number of benzene rings is 1. The van der Waals surface area contributed by atoms with Gasteiger partial charge in [-0.15, -0.1) is 11.8 Å². The van der Waals surface area contributed by atoms with Gasteiger partial charge in [-0.05, 0) is 44.2 Å². The van der Waals surface area contributed by atoms with E-state index in [0.29, 0.717) is 13.1 Å². The summed E-state index contributed by atoms with van der Waals surface area (Å²) in [5.74, 6) is 0.0192. The van der Waals surface area contributed by atoms with E-state index >= 15 is 0 Å². The van der Waals surface area contributed by atoms with Crippen LogP contribution in [0.1, 0.15) is 19.4 Å². The molecule has 0 bridgehead atoms. The molecule has 0 atom stereocenters. The van der Waals surface area contributed by atoms with Crippen molar-refractivity contribution in [3.05, 3.63) is 29.8 Å². The number of rotatable bonds is 6. The summed E-state index contributed by atoms with van der Waals surface area (Å²) in [6, 6.07) is 8.41. The Balaban J connectivity index is 2.39. The maximum atomic E-state index is 11.8. The van der Waals surface area contributed by atoms with Crippen molar-refractivity contribution >= 4 is 17.7 Å². The first kappa shape index (κ1) is 15.1. The summed E-state index contributed by atoms with van der Waals surface area (Å²) in [4.78, 5) is 13.0. The fourth-order valence-corrected chi connectivity index (χ4v) is 1.85. The molecule has 0 saturated heterocycles. The van der Waals surface area contributed by atoms with Crippen LogP contribution in [0.2, 0.25) is 0 Å². The Bertz CT molecular complexity index is 387. The quantitative estimate of drug-likeness (QED) is 0.775. The first-order valence-electron chi connectivity index (χ1n) is 6.11. The van der Waals surface area contributed by atoms with Gasteiger partial charge in [-0.25, -0.2) is 0 Å². The molecule has 1 aromatic carbocycles. The van der Waals surface area contributed by atoms with Crippen molar-refractivity contribution in [2.45, 2.75) is 25.2 Å². The van der Waals surface area contributed by atoms with Crippen molar-refractivity contribution < 1.29 is 4.79 Å². The molecule has 4 heteroatoms. The van der Waals surface area contributed by atoms with Gasteiger partial charge in [0.05, 0.1) is 5.41 Å². The molecule has 0 aliphatic rings. The fraction of sp³-hybridized carbons (Fsp3) is 0.500. The van der Waals surface area contributed by atoms with Crippen LogP contribution < -0.4 is 11.1 Å². The second-order valence-electron chi connectivity index (χ2n) is 4.94. The molecule has 0 radical (unpaired) electrons. The molecule has 1 aromatic rings. The van der Waals surface area contributed by atoms with Gasteiger partial charge in [0.15, 0.2) is 0 Å². The molecular formula is C14H22N2OS. The summed E-state index contributed by atoms with van der Waals surface area (Å²) in [6.07, 6.45) is 2.91. The third kappa shape index (κ3) is 4.35. The van der Waals surface area contributed by atoms with E-state index in [1.54, 1.807) is 11.8 Å². The summed E-state index contributed by atoms with van der Waals surface area (Å²) >= 11 is 1.73. The van der Waals surface area contributed by atoms with Crippen LogP contribution in [0.3, 0.4) is 0 Å². The van der Waals surface area contributed by atoms with Crippen LogP contribution in [0.5, 0.6) is 0 Å². The number of nitrogens with two attached hydrogens (primary N) is 1. The first-order valence-corrected chi connectivity index (χ1v) is 7.33. The average molecular weight is 266 g/mol. The van der Waals surface area contributed by atoms with E-state index < -0.39 is 5.41 Å². The number of hydrogen-bond donors (Lipinski definition) is 2. The highest BCUT2D eigenvalue weighted by Gasteiger charge is 2.24. The lowest BCUT2D eigenvalue weighted by atomic mass is 9.92. The number of hydrogen-bond acceptors (Lipinski definition) is 3. The first-order chi connectivity index (χ1) is 8.49. The normalized spacial score (nSPS) is 11.3. The standard InChI is InChI=1S/C14H22N2OS/c1-14(2,10-15)13(17)16-9-8-11-4-6-12(18-3)7-5-11/h4-7H,8-10,15H2,1-3H3,(H,16,17). The van der Waals surface area contributed by atoms with Gasteiger partial charge in [-0.3, -0.25) is 4.79 Å². The molecule has 3 N–H and O–H groups in total. The average Bonchev–Trinajstić information content (AvgIpc) is 2.39. The van der Waals surface area contributed by atoms with Gasteiger partial charge in [-0.1, -0.05) is 12.1 Å². The van der Waals surface area contributed by atoms with Gasteiger partial charge >= 0.3 is 0 Å². The molecule has 0 fully saturated rings. The Morgan fingerprint density at radius 2 is 1.94 bits per heavy atom. The third-order valence-corrected chi connectivity index (χ3v) is 3.73. The van der Waals surface area contributed by atoms with E-state index in [1.807, 2.05) is 13.8 Å². The predicted molar refractivity (Wildman–Crippen MR) is 77.8 cm³/mol. The molecule has 0 aliphatic carbocycles. The van der Waals surface area contributed by atoms with E-state index in [2.05, 4.69) is 35.8 Å². The van der Waals surface area contributed by atoms with E-state index in [9.17, 15) is 4.79 Å². The van der Waals surface area contributed by atoms with Crippen LogP contribution in [-0.2, 0) is 11.2 Å². The molecule has 18 heavy (non-hydrogen) atoms. The molecule has 0 unspecified atom stereocenters. The van der Waals surface area contributed by atoms with Crippen LogP contribution in [0.25, 0.3) is 0 Å². The molecule has 3 nitrogen and oxygen atoms in total. The molecule has 0 heterocycles. The molecular weight excluding hydrogens is 244 g/mol. The molecule has 1 amide bonds. The Morgan fingerprint density at radius 1 is 1.33 bits per heavy atom. The van der Waals surface area contributed by atoms with Gasteiger partial charge in [0.1, 0.15) is 0 Å². The Labute approximate surface area is 114 Å². The van der Waals surface area contributed by atoms with Crippen LogP contribution in [0, 0.1) is 5.41 Å². The summed E-state index contributed by atoms with van der Waals surface area (Å²) in [5, 5.41) is 2.93. The van der Waals surface area contributed by atoms with Crippen LogP contribution in [0.4, 0.5) is 0 Å². The predicted octanol–water partition coefficient (Wildman–Crippen LogP) is 2.05. The monoisotopic (exact) mass is 266 g/mol. The van der Waals surface area contributed by atoms with Gasteiger partial charge in [-0.2, -0.15) is 0 Å². The van der Waals surface area contributed by atoms with Crippen LogP contribution in [-0.4, -0.2) is 25.3 Å². The van der Waals surface area contributed by atoms with Crippen molar-refractivity contribution in [2.75, 3.05) is 19.3 Å². The maximum absolute atomic E-state index is 11.8.